The predicted octanol–water partition coefficient (Wildman–Crippen LogP) is 6.76. The van der Waals surface area contributed by atoms with Crippen molar-refractivity contribution in [3.8, 4) is 6.07 Å². The molecule has 2 saturated carbocycles. The number of nitriles is 1. The maximum absolute atomic E-state index is 13.5. The minimum Gasteiger partial charge on any atom is -0.462 e. The molecule has 31 heavy (non-hydrogen) atoms. The van der Waals surface area contributed by atoms with Gasteiger partial charge in [0.15, 0.2) is 11.6 Å². The number of benzene rings is 1. The Hall–Kier alpha value is -2.48. The third kappa shape index (κ3) is 7.02. The number of ether oxygens (including phenoxy) is 1. The highest BCUT2D eigenvalue weighted by Gasteiger charge is 2.31. The summed E-state index contributed by atoms with van der Waals surface area (Å²) >= 11 is 0. The summed E-state index contributed by atoms with van der Waals surface area (Å²) in [6, 6.07) is 6.09. The highest BCUT2D eigenvalue weighted by atomic mass is 19.2. The molecule has 0 unspecified atom stereocenters. The van der Waals surface area contributed by atoms with Crippen molar-refractivity contribution < 1.29 is 18.3 Å². The van der Waals surface area contributed by atoms with E-state index in [1.807, 2.05) is 12.1 Å². The summed E-state index contributed by atoms with van der Waals surface area (Å²) in [5.41, 5.74) is 0.819. The molecular formula is C26H31F2NO2. The summed E-state index contributed by atoms with van der Waals surface area (Å²) in [4.78, 5) is 12.6. The van der Waals surface area contributed by atoms with Crippen LogP contribution in [0.5, 0.6) is 0 Å². The molecule has 0 heterocycles. The number of carbonyl (C=O) groups excluding carboxylic acids is 1. The lowest BCUT2D eigenvalue weighted by atomic mass is 9.78. The first kappa shape index (κ1) is 23.2. The summed E-state index contributed by atoms with van der Waals surface area (Å²) in [5, 5.41) is 8.44. The monoisotopic (exact) mass is 427 g/mol. The maximum Gasteiger partial charge on any atom is 0.309 e. The van der Waals surface area contributed by atoms with Gasteiger partial charge in [-0.1, -0.05) is 24.3 Å². The number of hydrogen-bond acceptors (Lipinski definition) is 3. The fourth-order valence-corrected chi connectivity index (χ4v) is 4.83. The average molecular weight is 428 g/mol. The van der Waals surface area contributed by atoms with Gasteiger partial charge in [0.1, 0.15) is 6.10 Å². The van der Waals surface area contributed by atoms with E-state index < -0.39 is 11.6 Å². The molecule has 166 valence electrons. The summed E-state index contributed by atoms with van der Waals surface area (Å²) in [7, 11) is 0. The van der Waals surface area contributed by atoms with Crippen molar-refractivity contribution in [2.24, 2.45) is 11.8 Å². The Morgan fingerprint density at radius 3 is 2.45 bits per heavy atom. The number of allylic oxidation sites excluding steroid dienone is 4. The first-order valence-electron chi connectivity index (χ1n) is 11.4. The van der Waals surface area contributed by atoms with E-state index >= 15 is 0 Å². The molecule has 2 aliphatic rings. The van der Waals surface area contributed by atoms with Crippen LogP contribution in [0.1, 0.15) is 75.7 Å². The van der Waals surface area contributed by atoms with Crippen molar-refractivity contribution in [1.82, 2.24) is 0 Å². The molecule has 5 heteroatoms. The van der Waals surface area contributed by atoms with Crippen molar-refractivity contribution in [3.05, 3.63) is 59.7 Å². The predicted molar refractivity (Wildman–Crippen MR) is 116 cm³/mol. The molecule has 0 spiro atoms. The van der Waals surface area contributed by atoms with Crippen LogP contribution in [-0.4, -0.2) is 12.1 Å². The normalized spacial score (nSPS) is 26.7. The van der Waals surface area contributed by atoms with Crippen LogP contribution in [0.15, 0.2) is 42.5 Å². The Balaban J connectivity index is 1.35. The highest BCUT2D eigenvalue weighted by Crippen LogP contribution is 2.37. The lowest BCUT2D eigenvalue weighted by Crippen LogP contribution is -2.29. The summed E-state index contributed by atoms with van der Waals surface area (Å²) < 4.78 is 32.5. The van der Waals surface area contributed by atoms with Crippen LogP contribution >= 0.6 is 0 Å². The second-order valence-electron chi connectivity index (χ2n) is 8.80. The second-order valence-corrected chi connectivity index (χ2v) is 8.80. The first-order chi connectivity index (χ1) is 15.1. The van der Waals surface area contributed by atoms with Crippen molar-refractivity contribution >= 4 is 5.97 Å². The molecule has 3 nitrogen and oxygen atoms in total. The lowest BCUT2D eigenvalue weighted by Gasteiger charge is -2.31. The van der Waals surface area contributed by atoms with Crippen LogP contribution in [0.25, 0.3) is 0 Å². The standard InChI is InChI=1S/C26H31F2NO2/c27-24-16-13-22(18-25(24)28)20-9-11-21(12-10-20)26(30)31-23-14-7-19(8-15-23)6-4-2-1-3-5-17-29/h1-3,5,13,16,18-21,23H,4,6-12,14-15H2/b2-1+,5-3?/t19?,20-,21-,23?. The Bertz CT molecular complexity index is 826. The third-order valence-electron chi connectivity index (χ3n) is 6.71. The van der Waals surface area contributed by atoms with Crippen LogP contribution in [0, 0.1) is 34.8 Å². The molecular weight excluding hydrogens is 396 g/mol. The average Bonchev–Trinajstić information content (AvgIpc) is 2.79. The highest BCUT2D eigenvalue weighted by molar-refractivity contribution is 5.72. The van der Waals surface area contributed by atoms with Crippen LogP contribution < -0.4 is 0 Å². The molecule has 3 rings (SSSR count). The van der Waals surface area contributed by atoms with Crippen molar-refractivity contribution in [3.63, 3.8) is 0 Å². The Morgan fingerprint density at radius 2 is 1.77 bits per heavy atom. The number of halogens is 2. The van der Waals surface area contributed by atoms with E-state index in [1.165, 1.54) is 18.2 Å². The van der Waals surface area contributed by atoms with E-state index in [1.54, 1.807) is 12.1 Å². The smallest absolute Gasteiger partial charge is 0.309 e. The number of rotatable bonds is 7. The SMILES string of the molecule is N#CC=C/C=C/CCC1CCC(OC(=O)[C@H]2CC[C@H](c3ccc(F)c(F)c3)CC2)CC1. The van der Waals surface area contributed by atoms with Gasteiger partial charge in [0, 0.05) is 6.08 Å². The molecule has 0 aromatic heterocycles. The second kappa shape index (κ2) is 11.8. The van der Waals surface area contributed by atoms with Gasteiger partial charge in [0.2, 0.25) is 0 Å². The largest absolute Gasteiger partial charge is 0.462 e. The Morgan fingerprint density at radius 1 is 1.03 bits per heavy atom. The van der Waals surface area contributed by atoms with E-state index in [4.69, 9.17) is 10.00 Å². The molecule has 2 aliphatic carbocycles. The van der Waals surface area contributed by atoms with E-state index in [0.717, 1.165) is 69.8 Å². The Labute approximate surface area is 183 Å². The van der Waals surface area contributed by atoms with Crippen molar-refractivity contribution in [2.75, 3.05) is 0 Å². The summed E-state index contributed by atoms with van der Waals surface area (Å²) in [6.07, 6.45) is 16.5. The van der Waals surface area contributed by atoms with E-state index in [2.05, 4.69) is 6.08 Å². The third-order valence-corrected chi connectivity index (χ3v) is 6.71. The van der Waals surface area contributed by atoms with Gasteiger partial charge in [-0.15, -0.1) is 0 Å². The fraction of sp³-hybridized carbons (Fsp3) is 0.538. The molecule has 0 saturated heterocycles. The maximum atomic E-state index is 13.5. The minimum atomic E-state index is -0.819. The molecule has 2 fully saturated rings. The number of carbonyl (C=O) groups is 1. The molecule has 0 bridgehead atoms. The van der Waals surface area contributed by atoms with E-state index in [-0.39, 0.29) is 23.9 Å². The van der Waals surface area contributed by atoms with Crippen LogP contribution in [0.3, 0.4) is 0 Å². The minimum absolute atomic E-state index is 0.0294. The van der Waals surface area contributed by atoms with Crippen molar-refractivity contribution in [1.29, 1.82) is 5.26 Å². The molecule has 0 aliphatic heterocycles. The molecule has 1 aromatic carbocycles. The van der Waals surface area contributed by atoms with Gasteiger partial charge in [-0.2, -0.15) is 5.26 Å². The van der Waals surface area contributed by atoms with Gasteiger partial charge < -0.3 is 4.74 Å². The van der Waals surface area contributed by atoms with Gasteiger partial charge in [0.05, 0.1) is 12.0 Å². The van der Waals surface area contributed by atoms with Gasteiger partial charge >= 0.3 is 5.97 Å². The van der Waals surface area contributed by atoms with Crippen molar-refractivity contribution in [2.45, 2.75) is 76.2 Å². The molecule has 0 amide bonds. The van der Waals surface area contributed by atoms with Gasteiger partial charge in [0.25, 0.3) is 0 Å². The number of hydrogen-bond donors (Lipinski definition) is 0. The van der Waals surface area contributed by atoms with Gasteiger partial charge in [-0.3, -0.25) is 4.79 Å². The Kier molecular flexibility index (Phi) is 8.82. The van der Waals surface area contributed by atoms with Crippen LogP contribution in [0.4, 0.5) is 8.78 Å². The zero-order valence-corrected chi connectivity index (χ0v) is 17.9. The topological polar surface area (TPSA) is 50.1 Å². The number of nitrogens with zero attached hydrogens (tertiary/aromatic N) is 1. The molecule has 0 N–H and O–H groups in total. The van der Waals surface area contributed by atoms with Gasteiger partial charge in [-0.25, -0.2) is 8.78 Å². The summed E-state index contributed by atoms with van der Waals surface area (Å²) in [6.45, 7) is 0. The zero-order chi connectivity index (χ0) is 22.1. The zero-order valence-electron chi connectivity index (χ0n) is 17.9. The summed E-state index contributed by atoms with van der Waals surface area (Å²) in [5.74, 6) is -0.933. The first-order valence-corrected chi connectivity index (χ1v) is 11.4. The van der Waals surface area contributed by atoms with Crippen LogP contribution in [-0.2, 0) is 9.53 Å². The lowest BCUT2D eigenvalue weighted by molar-refractivity contribution is -0.157. The number of esters is 1. The van der Waals surface area contributed by atoms with E-state index in [9.17, 15) is 13.6 Å². The molecule has 1 aromatic rings. The fourth-order valence-electron chi connectivity index (χ4n) is 4.83. The quantitative estimate of drug-likeness (QED) is 0.274. The molecule has 0 radical (unpaired) electrons. The molecule has 0 atom stereocenters. The van der Waals surface area contributed by atoms with Crippen LogP contribution in [0.2, 0.25) is 0 Å². The van der Waals surface area contributed by atoms with E-state index in [0.29, 0.717) is 5.92 Å². The van der Waals surface area contributed by atoms with Gasteiger partial charge in [-0.05, 0) is 93.7 Å².